The van der Waals surface area contributed by atoms with Crippen LogP contribution >= 0.6 is 11.6 Å². The molecule has 0 aliphatic heterocycles. The van der Waals surface area contributed by atoms with E-state index in [4.69, 9.17) is 11.6 Å². The fourth-order valence-electron chi connectivity index (χ4n) is 2.80. The normalized spacial score (nSPS) is 11.3. The minimum Gasteiger partial charge on any atom is -0.310 e. The van der Waals surface area contributed by atoms with E-state index in [1.165, 1.54) is 16.3 Å². The first-order chi connectivity index (χ1) is 10.3. The van der Waals surface area contributed by atoms with Gasteiger partial charge < -0.3 is 4.57 Å². The summed E-state index contributed by atoms with van der Waals surface area (Å²) in [5.74, 6) is 0. The van der Waals surface area contributed by atoms with Gasteiger partial charge in [0.25, 0.3) is 0 Å². The fourth-order valence-corrected chi connectivity index (χ4v) is 3.04. The molecule has 0 fully saturated rings. The number of nitrogens with zero attached hydrogens (tertiary/aromatic N) is 2. The van der Waals surface area contributed by atoms with Crippen LogP contribution in [0.4, 0.5) is 0 Å². The molecule has 0 spiro atoms. The smallest absolute Gasteiger partial charge is 0.204 e. The van der Waals surface area contributed by atoms with E-state index < -0.39 is 0 Å². The highest BCUT2D eigenvalue weighted by atomic mass is 35.5. The van der Waals surface area contributed by atoms with Gasteiger partial charge >= 0.3 is 0 Å². The Balaban J connectivity index is 1.89. The van der Waals surface area contributed by atoms with E-state index in [1.807, 2.05) is 18.2 Å². The Morgan fingerprint density at radius 2 is 1.62 bits per heavy atom. The second-order valence-electron chi connectivity index (χ2n) is 5.09. The molecular weight excluding hydrogens is 280 g/mol. The molecule has 2 nitrogen and oxygen atoms in total. The second kappa shape index (κ2) is 4.90. The lowest BCUT2D eigenvalue weighted by atomic mass is 10.0. The quantitative estimate of drug-likeness (QED) is 0.514. The lowest BCUT2D eigenvalue weighted by Crippen LogP contribution is -2.00. The highest BCUT2D eigenvalue weighted by Gasteiger charge is 2.10. The van der Waals surface area contributed by atoms with Crippen molar-refractivity contribution in [2.45, 2.75) is 6.54 Å². The van der Waals surface area contributed by atoms with E-state index in [9.17, 15) is 0 Å². The summed E-state index contributed by atoms with van der Waals surface area (Å²) in [4.78, 5) is 4.42. The van der Waals surface area contributed by atoms with Gasteiger partial charge in [-0.15, -0.1) is 0 Å². The van der Waals surface area contributed by atoms with Gasteiger partial charge in [0.15, 0.2) is 0 Å². The fraction of sp³-hybridized carbons (Fsp3) is 0.0556. The lowest BCUT2D eigenvalue weighted by Gasteiger charge is -2.09. The van der Waals surface area contributed by atoms with Crippen LogP contribution in [0.3, 0.4) is 0 Å². The molecule has 0 aliphatic carbocycles. The molecule has 0 saturated carbocycles. The number of hydrogen-bond acceptors (Lipinski definition) is 1. The first-order valence-corrected chi connectivity index (χ1v) is 7.28. The molecule has 4 aromatic rings. The standard InChI is InChI=1S/C18H13ClN2/c19-18-20-16-10-3-4-11-17(16)21(18)12-14-8-5-7-13-6-1-2-9-15(13)14/h1-11H,12H2. The predicted molar refractivity (Wildman–Crippen MR) is 87.8 cm³/mol. The zero-order valence-corrected chi connectivity index (χ0v) is 12.1. The average Bonchev–Trinajstić information content (AvgIpc) is 2.84. The zero-order chi connectivity index (χ0) is 14.2. The van der Waals surface area contributed by atoms with Crippen LogP contribution < -0.4 is 0 Å². The molecule has 0 atom stereocenters. The van der Waals surface area contributed by atoms with Crippen LogP contribution in [0.25, 0.3) is 21.8 Å². The number of para-hydroxylation sites is 2. The number of halogens is 1. The van der Waals surface area contributed by atoms with Gasteiger partial charge in [0.1, 0.15) is 0 Å². The van der Waals surface area contributed by atoms with E-state index >= 15 is 0 Å². The van der Waals surface area contributed by atoms with Gasteiger partial charge in [-0.2, -0.15) is 0 Å². The van der Waals surface area contributed by atoms with Crippen LogP contribution in [-0.2, 0) is 6.54 Å². The Labute approximate surface area is 127 Å². The maximum absolute atomic E-state index is 6.32. The minimum atomic E-state index is 0.532. The molecule has 0 radical (unpaired) electrons. The number of rotatable bonds is 2. The SMILES string of the molecule is Clc1nc2ccccc2n1Cc1cccc2ccccc12. The van der Waals surface area contributed by atoms with Gasteiger partial charge in [-0.25, -0.2) is 4.98 Å². The molecular formula is C18H13ClN2. The number of aromatic nitrogens is 2. The van der Waals surface area contributed by atoms with Crippen LogP contribution in [-0.4, -0.2) is 9.55 Å². The van der Waals surface area contributed by atoms with Crippen LogP contribution in [0.1, 0.15) is 5.56 Å². The predicted octanol–water partition coefficient (Wildman–Crippen LogP) is 4.89. The Hall–Kier alpha value is -2.32. The highest BCUT2D eigenvalue weighted by molar-refractivity contribution is 6.29. The first kappa shape index (κ1) is 12.4. The number of fused-ring (bicyclic) bond motifs is 2. The molecule has 0 amide bonds. The molecule has 0 aliphatic rings. The third kappa shape index (κ3) is 2.08. The first-order valence-electron chi connectivity index (χ1n) is 6.90. The maximum Gasteiger partial charge on any atom is 0.204 e. The zero-order valence-electron chi connectivity index (χ0n) is 11.3. The Morgan fingerprint density at radius 1 is 0.857 bits per heavy atom. The summed E-state index contributed by atoms with van der Waals surface area (Å²) in [6.45, 7) is 0.723. The molecule has 21 heavy (non-hydrogen) atoms. The molecule has 0 saturated heterocycles. The van der Waals surface area contributed by atoms with Gasteiger partial charge in [0.2, 0.25) is 5.28 Å². The third-order valence-corrected chi connectivity index (χ3v) is 4.10. The molecule has 3 heteroatoms. The average molecular weight is 293 g/mol. The molecule has 4 rings (SSSR count). The summed E-state index contributed by atoms with van der Waals surface area (Å²) in [7, 11) is 0. The largest absolute Gasteiger partial charge is 0.310 e. The molecule has 0 unspecified atom stereocenters. The van der Waals surface area contributed by atoms with Crippen LogP contribution in [0.15, 0.2) is 66.7 Å². The highest BCUT2D eigenvalue weighted by Crippen LogP contribution is 2.24. The van der Waals surface area contributed by atoms with Gasteiger partial charge in [-0.05, 0) is 40.1 Å². The van der Waals surface area contributed by atoms with Crippen molar-refractivity contribution in [3.63, 3.8) is 0 Å². The van der Waals surface area contributed by atoms with Crippen molar-refractivity contribution >= 4 is 33.4 Å². The molecule has 0 bridgehead atoms. The molecule has 0 N–H and O–H groups in total. The van der Waals surface area contributed by atoms with E-state index in [0.29, 0.717) is 5.28 Å². The summed E-state index contributed by atoms with van der Waals surface area (Å²) < 4.78 is 2.05. The van der Waals surface area contributed by atoms with Crippen LogP contribution in [0.5, 0.6) is 0 Å². The van der Waals surface area contributed by atoms with Crippen molar-refractivity contribution < 1.29 is 0 Å². The monoisotopic (exact) mass is 292 g/mol. The number of imidazole rings is 1. The summed E-state index contributed by atoms with van der Waals surface area (Å²) in [5, 5.41) is 3.04. The summed E-state index contributed by atoms with van der Waals surface area (Å²) in [6, 6.07) is 22.8. The van der Waals surface area contributed by atoms with Gasteiger partial charge in [-0.1, -0.05) is 54.6 Å². The van der Waals surface area contributed by atoms with Crippen molar-refractivity contribution in [3.8, 4) is 0 Å². The Kier molecular flexibility index (Phi) is 2.90. The Morgan fingerprint density at radius 3 is 2.57 bits per heavy atom. The molecule has 1 heterocycles. The second-order valence-corrected chi connectivity index (χ2v) is 5.43. The van der Waals surface area contributed by atoms with Crippen LogP contribution in [0.2, 0.25) is 5.28 Å². The topological polar surface area (TPSA) is 17.8 Å². The summed E-state index contributed by atoms with van der Waals surface area (Å²) in [6.07, 6.45) is 0. The molecule has 102 valence electrons. The summed E-state index contributed by atoms with van der Waals surface area (Å²) >= 11 is 6.32. The van der Waals surface area contributed by atoms with Crippen molar-refractivity contribution in [2.75, 3.05) is 0 Å². The number of hydrogen-bond donors (Lipinski definition) is 0. The third-order valence-electron chi connectivity index (χ3n) is 3.82. The van der Waals surface area contributed by atoms with E-state index in [-0.39, 0.29) is 0 Å². The summed E-state index contributed by atoms with van der Waals surface area (Å²) in [5.41, 5.74) is 3.25. The maximum atomic E-state index is 6.32. The lowest BCUT2D eigenvalue weighted by molar-refractivity contribution is 0.831. The van der Waals surface area contributed by atoms with Crippen molar-refractivity contribution in [1.82, 2.24) is 9.55 Å². The number of benzene rings is 3. The Bertz CT molecular complexity index is 935. The van der Waals surface area contributed by atoms with Crippen molar-refractivity contribution in [3.05, 3.63) is 77.6 Å². The molecule has 1 aromatic heterocycles. The van der Waals surface area contributed by atoms with Gasteiger partial charge in [0.05, 0.1) is 17.6 Å². The van der Waals surface area contributed by atoms with Crippen molar-refractivity contribution in [1.29, 1.82) is 0 Å². The van der Waals surface area contributed by atoms with Crippen molar-refractivity contribution in [2.24, 2.45) is 0 Å². The van der Waals surface area contributed by atoms with Crippen LogP contribution in [0, 0.1) is 0 Å². The minimum absolute atomic E-state index is 0.532. The molecule has 3 aromatic carbocycles. The van der Waals surface area contributed by atoms with Gasteiger partial charge in [0, 0.05) is 0 Å². The van der Waals surface area contributed by atoms with E-state index in [0.717, 1.165) is 17.6 Å². The van der Waals surface area contributed by atoms with Gasteiger partial charge in [-0.3, -0.25) is 0 Å². The van der Waals surface area contributed by atoms with E-state index in [2.05, 4.69) is 58.1 Å². The van der Waals surface area contributed by atoms with E-state index in [1.54, 1.807) is 0 Å².